The first-order valence-electron chi connectivity index (χ1n) is 18.6. The molecule has 0 spiro atoms. The molecule has 3 aromatic carbocycles. The second-order valence-corrected chi connectivity index (χ2v) is 16.9. The van der Waals surface area contributed by atoms with E-state index in [9.17, 15) is 4.79 Å². The number of benzene rings is 3. The number of nitrogens with zero attached hydrogens (tertiary/aromatic N) is 5. The van der Waals surface area contributed by atoms with E-state index in [1.807, 2.05) is 67.8 Å². The van der Waals surface area contributed by atoms with Crippen LogP contribution in [-0.4, -0.2) is 96.8 Å². The summed E-state index contributed by atoms with van der Waals surface area (Å²) in [5.74, 6) is -0.172. The summed E-state index contributed by atoms with van der Waals surface area (Å²) < 4.78 is 57.1. The molecule has 282 valence electrons. The van der Waals surface area contributed by atoms with Crippen molar-refractivity contribution in [3.63, 3.8) is 0 Å². The lowest BCUT2D eigenvalue weighted by Gasteiger charge is -2.47. The minimum absolute atomic E-state index is 0.00165. The highest BCUT2D eigenvalue weighted by molar-refractivity contribution is 6.01. The van der Waals surface area contributed by atoms with Gasteiger partial charge in [-0.1, -0.05) is 24.3 Å². The number of piperazine rings is 1. The van der Waals surface area contributed by atoms with E-state index < -0.39 is 22.8 Å². The lowest BCUT2D eigenvalue weighted by molar-refractivity contribution is -0.00281. The Morgan fingerprint density at radius 3 is 2.55 bits per heavy atom. The highest BCUT2D eigenvalue weighted by atomic mass is 19.1. The zero-order valence-electron chi connectivity index (χ0n) is 31.7. The number of aromatic nitrogens is 2. The van der Waals surface area contributed by atoms with Crippen LogP contribution in [-0.2, 0) is 9.47 Å². The number of anilines is 1. The smallest absolute Gasteiger partial charge is 0.411 e. The Balaban J connectivity index is 1.24. The van der Waals surface area contributed by atoms with Crippen molar-refractivity contribution >= 4 is 33.6 Å². The Morgan fingerprint density at radius 2 is 1.83 bits per heavy atom. The van der Waals surface area contributed by atoms with Gasteiger partial charge in [0.1, 0.15) is 28.5 Å². The molecule has 1 unspecified atom stereocenters. The van der Waals surface area contributed by atoms with Crippen molar-refractivity contribution in [2.75, 3.05) is 52.6 Å². The fraction of sp³-hybridized carbons (Fsp3) is 0.537. The van der Waals surface area contributed by atoms with E-state index in [1.54, 1.807) is 6.07 Å². The maximum Gasteiger partial charge on any atom is 0.411 e. The fourth-order valence-corrected chi connectivity index (χ4v) is 9.57. The molecule has 2 saturated carbocycles. The van der Waals surface area contributed by atoms with Gasteiger partial charge in [0.2, 0.25) is 0 Å². The van der Waals surface area contributed by atoms with Gasteiger partial charge in [-0.25, -0.2) is 13.6 Å². The van der Waals surface area contributed by atoms with Crippen LogP contribution in [0, 0.1) is 23.0 Å². The predicted octanol–water partition coefficient (Wildman–Crippen LogP) is 7.80. The van der Waals surface area contributed by atoms with Crippen LogP contribution in [0.5, 0.6) is 11.8 Å². The number of methoxy groups -OCH3 is 1. The molecule has 2 bridgehead atoms. The van der Waals surface area contributed by atoms with Crippen molar-refractivity contribution in [3.8, 4) is 22.9 Å². The number of amides is 1. The minimum Gasteiger partial charge on any atom is -0.468 e. The number of carbonyl (C=O) groups excluding carboxylic acids is 1. The van der Waals surface area contributed by atoms with Crippen LogP contribution < -0.4 is 14.4 Å². The van der Waals surface area contributed by atoms with Gasteiger partial charge >= 0.3 is 12.1 Å². The van der Waals surface area contributed by atoms with Crippen LogP contribution in [0.15, 0.2) is 42.5 Å². The van der Waals surface area contributed by atoms with Crippen LogP contribution in [0.3, 0.4) is 0 Å². The average Bonchev–Trinajstić information content (AvgIpc) is 3.60. The first kappa shape index (κ1) is 35.7. The summed E-state index contributed by atoms with van der Waals surface area (Å²) in [6, 6.07) is 12.5. The largest absolute Gasteiger partial charge is 0.468 e. The fourth-order valence-electron chi connectivity index (χ4n) is 9.57. The van der Waals surface area contributed by atoms with Crippen LogP contribution in [0.4, 0.5) is 19.4 Å². The molecule has 10 nitrogen and oxygen atoms in total. The molecule has 0 N–H and O–H groups in total. The number of rotatable bonds is 9. The number of hydrogen-bond donors (Lipinski definition) is 0. The van der Waals surface area contributed by atoms with Crippen LogP contribution in [0.25, 0.3) is 32.8 Å². The number of halogens is 2. The minimum atomic E-state index is -0.807. The molecule has 4 aliphatic rings. The molecule has 0 radical (unpaired) electrons. The summed E-state index contributed by atoms with van der Waals surface area (Å²) in [6.07, 6.45) is 4.50. The van der Waals surface area contributed by atoms with E-state index in [4.69, 9.17) is 28.9 Å². The van der Waals surface area contributed by atoms with Crippen LogP contribution >= 0.6 is 0 Å². The lowest BCUT2D eigenvalue weighted by Crippen LogP contribution is -2.63. The first-order valence-corrected chi connectivity index (χ1v) is 18.6. The highest BCUT2D eigenvalue weighted by Gasteiger charge is 2.64. The summed E-state index contributed by atoms with van der Waals surface area (Å²) >= 11 is 0. The van der Waals surface area contributed by atoms with Gasteiger partial charge in [-0.05, 0) is 114 Å². The summed E-state index contributed by atoms with van der Waals surface area (Å²) in [4.78, 5) is 29.2. The molecule has 5 atom stereocenters. The van der Waals surface area contributed by atoms with Crippen LogP contribution in [0.1, 0.15) is 59.8 Å². The highest BCUT2D eigenvalue weighted by Crippen LogP contribution is 2.64. The third kappa shape index (κ3) is 6.21. The monoisotopic (exact) mass is 729 g/mol. The Bertz CT molecular complexity index is 2090. The van der Waals surface area contributed by atoms with Gasteiger partial charge in [-0.3, -0.25) is 4.90 Å². The molecule has 4 aromatic rings. The van der Waals surface area contributed by atoms with Crippen molar-refractivity contribution in [1.29, 1.82) is 0 Å². The quantitative estimate of drug-likeness (QED) is 0.160. The molecule has 2 aliphatic carbocycles. The van der Waals surface area contributed by atoms with Crippen molar-refractivity contribution in [3.05, 3.63) is 54.1 Å². The van der Waals surface area contributed by atoms with Gasteiger partial charge in [0.25, 0.3) is 0 Å². The van der Waals surface area contributed by atoms with Crippen LogP contribution in [0.2, 0.25) is 0 Å². The second kappa shape index (κ2) is 12.9. The molecule has 1 aromatic heterocycles. The molecule has 2 saturated heterocycles. The topological polar surface area (TPSA) is 89.5 Å². The molecule has 2 aliphatic heterocycles. The molecule has 8 rings (SSSR count). The third-order valence-corrected chi connectivity index (χ3v) is 11.9. The first-order chi connectivity index (χ1) is 25.2. The molecule has 4 fully saturated rings. The maximum atomic E-state index is 17.3. The van der Waals surface area contributed by atoms with Gasteiger partial charge < -0.3 is 28.7 Å². The van der Waals surface area contributed by atoms with Gasteiger partial charge in [0, 0.05) is 37.0 Å². The Morgan fingerprint density at radius 1 is 1.04 bits per heavy atom. The SMILES string of the molecule is COCOc1cc(-c2c(F)cc3c(N4C[C@H]5CC[C@@](C)(C4)N5C(=O)OC(C)(C)C)nc(OC[C@@]45C[C@@H]4CCC5N(C)C)nc3c2F)c2ccccc2c1. The third-order valence-electron chi connectivity index (χ3n) is 11.9. The Hall–Kier alpha value is -4.29. The second-order valence-electron chi connectivity index (χ2n) is 16.9. The summed E-state index contributed by atoms with van der Waals surface area (Å²) in [7, 11) is 5.73. The molecule has 1 amide bonds. The Labute approximate surface area is 309 Å². The molecule has 3 heterocycles. The van der Waals surface area contributed by atoms with Crippen molar-refractivity contribution < 1.29 is 32.5 Å². The zero-order chi connectivity index (χ0) is 37.4. The average molecular weight is 730 g/mol. The van der Waals surface area contributed by atoms with Gasteiger partial charge in [0.15, 0.2) is 12.6 Å². The predicted molar refractivity (Wildman–Crippen MR) is 199 cm³/mol. The van der Waals surface area contributed by atoms with E-state index in [0.29, 0.717) is 54.2 Å². The maximum absolute atomic E-state index is 17.3. The molecular weight excluding hydrogens is 680 g/mol. The summed E-state index contributed by atoms with van der Waals surface area (Å²) in [6.45, 7) is 8.84. The van der Waals surface area contributed by atoms with Crippen molar-refractivity contribution in [1.82, 2.24) is 19.8 Å². The van der Waals surface area contributed by atoms with Gasteiger partial charge in [0.05, 0.1) is 23.8 Å². The van der Waals surface area contributed by atoms with E-state index in [0.717, 1.165) is 37.5 Å². The van der Waals surface area contributed by atoms with E-state index in [-0.39, 0.29) is 46.8 Å². The van der Waals surface area contributed by atoms with Gasteiger partial charge in [-0.2, -0.15) is 9.97 Å². The summed E-state index contributed by atoms with van der Waals surface area (Å²) in [5.41, 5.74) is -1.12. The molecule has 12 heteroatoms. The molecular formula is C41H49F2N5O5. The van der Waals surface area contributed by atoms with Crippen molar-refractivity contribution in [2.45, 2.75) is 83.0 Å². The zero-order valence-corrected chi connectivity index (χ0v) is 31.7. The summed E-state index contributed by atoms with van der Waals surface area (Å²) in [5, 5.41) is 1.67. The number of fused-ring (bicyclic) bond motifs is 5. The number of carbonyl (C=O) groups is 1. The molecule has 53 heavy (non-hydrogen) atoms. The lowest BCUT2D eigenvalue weighted by atomic mass is 9.95. The normalized spacial score (nSPS) is 26.4. The Kier molecular flexibility index (Phi) is 8.72. The van der Waals surface area contributed by atoms with E-state index in [1.165, 1.54) is 13.2 Å². The van der Waals surface area contributed by atoms with E-state index in [2.05, 4.69) is 19.0 Å². The van der Waals surface area contributed by atoms with Crippen molar-refractivity contribution in [2.24, 2.45) is 11.3 Å². The van der Waals surface area contributed by atoms with Gasteiger partial charge in [-0.15, -0.1) is 0 Å². The standard InChI is InChI=1S/C41H49F2N5O5/c1-39(2,3)53-38(49)48-26-14-15-40(48,4)21-47(20-26)36-30-18-31(42)33(29-17-27(52-23-50-7)16-24-10-8-9-11-28(24)29)34(43)35(30)44-37(45-36)51-22-41-19-25(41)12-13-32(41)46(5)6/h8-11,16-18,25-26,32H,12-15,19-23H2,1-7H3/t25-,26+,32?,40-,41-/m0/s1. The number of hydrogen-bond acceptors (Lipinski definition) is 9. The number of ether oxygens (including phenoxy) is 4. The van der Waals surface area contributed by atoms with E-state index >= 15 is 8.78 Å².